The summed E-state index contributed by atoms with van der Waals surface area (Å²) in [5, 5.41) is 36.0. The molecule has 6 aromatic heterocycles. The summed E-state index contributed by atoms with van der Waals surface area (Å²) in [5.41, 5.74) is 46.9. The zero-order chi connectivity index (χ0) is 97.7. The van der Waals surface area contributed by atoms with Crippen LogP contribution in [-0.4, -0.2) is 164 Å². The standard InChI is InChI=1S/C23H22FN5O.C22H21FN4O3.C20H19FN4O2.C20H21FN4O.C18H16FN3O2/c1-14-10-15(2)29(28-14)9-8-26-23(30)21-13-27-22(25)20-12-17(6-7-19(20)21)16-4-3-5-18(24)11-16;23-16-3-1-2-14(10-16)15-4-5-17-18(11-15)21(24)25-12-19(17)22(29)26-13-20(28)27-6-8-30-9-7-27;1-12(26)23-7-8-24-20(27)18-11-25-19(22)17-10-14(5-6-16(17)18)13-3-2-4-15(21)9-13;1-20(2,23)11-25-19(26)17-10-24-18(22)16-9-13(6-7-15(16)17)12-4-3-5-14(21)8-12;19-13-3-1-2-11(8-13)12-4-5-14-15(9-12)17(20)22-10-16(14)18(24)21-6-7-23/h3-7,10-13H,8-9H2,1-2H3,(H2,25,27)(H,26,30);1-5,10-12H,6-9,13H2,(H2,24,25)(H,26,29);2-6,9-11H,7-8H2,1H3,(H2,22,25)(H,23,26)(H,24,27);3-10H,11,23H2,1-2H3,(H2,22,24)(H,25,26);1-5,8-10,23H,6-7H2,(H2,20,22)(H,21,24). The van der Waals surface area contributed by atoms with Gasteiger partial charge in [-0.15, -0.1) is 0 Å². The lowest BCUT2D eigenvalue weighted by Gasteiger charge is -2.26. The van der Waals surface area contributed by atoms with Crippen LogP contribution in [0.4, 0.5) is 51.0 Å². The predicted octanol–water partition coefficient (Wildman–Crippen LogP) is 14.0. The van der Waals surface area contributed by atoms with Crippen LogP contribution in [0.3, 0.4) is 0 Å². The van der Waals surface area contributed by atoms with E-state index in [-0.39, 0.29) is 95.9 Å². The summed E-state index contributed by atoms with van der Waals surface area (Å²) in [6, 6.07) is 60.4. The first-order valence-electron chi connectivity index (χ1n) is 43.4. The van der Waals surface area contributed by atoms with Gasteiger partial charge in [-0.3, -0.25) is 38.2 Å². The molecule has 137 heavy (non-hydrogen) atoms. The first-order chi connectivity index (χ1) is 65.7. The molecule has 1 aliphatic heterocycles. The number of pyridine rings is 5. The molecule has 0 spiro atoms. The number of hydrogen-bond acceptors (Lipinski definition) is 21. The molecule has 19 N–H and O–H groups in total. The number of ether oxygens (including phenoxy) is 1. The van der Waals surface area contributed by atoms with E-state index < -0.39 is 11.4 Å². The van der Waals surface area contributed by atoms with Crippen molar-refractivity contribution in [3.8, 4) is 55.6 Å². The fourth-order valence-corrected chi connectivity index (χ4v) is 15.1. The Morgan fingerprint density at radius 1 is 0.372 bits per heavy atom. The van der Waals surface area contributed by atoms with Gasteiger partial charge in [0.1, 0.15) is 58.2 Å². The molecule has 0 aliphatic carbocycles. The maximum Gasteiger partial charge on any atom is 0.253 e. The van der Waals surface area contributed by atoms with Crippen molar-refractivity contribution in [1.82, 2.24) is 71.5 Å². The lowest BCUT2D eigenvalue weighted by molar-refractivity contribution is -0.134. The number of nitrogen functional groups attached to an aromatic ring is 5. The number of carbonyl (C=O) groups excluding carboxylic acids is 7. The molecular formula is C103H99F5N20O9. The minimum Gasteiger partial charge on any atom is -0.395 e. The van der Waals surface area contributed by atoms with E-state index in [1.54, 1.807) is 108 Å². The molecule has 34 heteroatoms. The molecule has 1 aliphatic rings. The average molecular weight is 1860 g/mol. The fourth-order valence-electron chi connectivity index (χ4n) is 15.1. The number of aliphatic hydroxyl groups excluding tert-OH is 1. The van der Waals surface area contributed by atoms with E-state index in [2.05, 4.69) is 61.9 Å². The van der Waals surface area contributed by atoms with Gasteiger partial charge in [-0.05, 0) is 207 Å². The number of halogens is 5. The average Bonchev–Trinajstić information content (AvgIpc) is 1.05. The maximum atomic E-state index is 13.6. The third kappa shape index (κ3) is 25.2. The van der Waals surface area contributed by atoms with Gasteiger partial charge in [-0.25, -0.2) is 46.9 Å². The van der Waals surface area contributed by atoms with E-state index >= 15 is 0 Å². The number of morpholine rings is 1. The molecule has 0 saturated carbocycles. The lowest BCUT2D eigenvalue weighted by Crippen LogP contribution is -2.45. The van der Waals surface area contributed by atoms with E-state index in [0.717, 1.165) is 50.3 Å². The molecule has 0 atom stereocenters. The van der Waals surface area contributed by atoms with Crippen molar-refractivity contribution < 1.29 is 65.4 Å². The molecule has 17 rings (SSSR count). The lowest BCUT2D eigenvalue weighted by atomic mass is 9.99. The number of fused-ring (bicyclic) bond motifs is 5. The van der Waals surface area contributed by atoms with Crippen LogP contribution in [0.5, 0.6) is 0 Å². The molecule has 7 amide bonds. The fraction of sp³-hybridized carbons (Fsp3) is 0.175. The minimum absolute atomic E-state index is 0.105. The molecule has 10 aromatic carbocycles. The van der Waals surface area contributed by atoms with Crippen LogP contribution in [0, 0.1) is 42.9 Å². The van der Waals surface area contributed by atoms with Crippen LogP contribution in [0.2, 0.25) is 0 Å². The van der Waals surface area contributed by atoms with Crippen LogP contribution in [-0.2, 0) is 20.9 Å². The highest BCUT2D eigenvalue weighted by Gasteiger charge is 2.24. The maximum absolute atomic E-state index is 13.6. The topological polar surface area (TPSA) is 463 Å². The summed E-state index contributed by atoms with van der Waals surface area (Å²) in [7, 11) is 0. The zero-order valence-electron chi connectivity index (χ0n) is 75.3. The van der Waals surface area contributed by atoms with E-state index in [1.807, 2.05) is 87.0 Å². The van der Waals surface area contributed by atoms with Crippen LogP contribution in [0.15, 0.2) is 249 Å². The molecule has 29 nitrogen and oxygen atoms in total. The summed E-state index contributed by atoms with van der Waals surface area (Å²) in [5.74, 6) is -1.99. The highest BCUT2D eigenvalue weighted by atomic mass is 19.1. The van der Waals surface area contributed by atoms with Gasteiger partial charge >= 0.3 is 0 Å². The number of hydrogen-bond donors (Lipinski definition) is 13. The number of aliphatic hydroxyl groups is 1. The molecule has 7 heterocycles. The van der Waals surface area contributed by atoms with Crippen molar-refractivity contribution in [3.05, 3.63) is 318 Å². The van der Waals surface area contributed by atoms with Crippen LogP contribution < -0.4 is 66.3 Å². The van der Waals surface area contributed by atoms with Crippen LogP contribution in [0.25, 0.3) is 109 Å². The molecule has 1 saturated heterocycles. The van der Waals surface area contributed by atoms with Crippen molar-refractivity contribution in [1.29, 1.82) is 0 Å². The van der Waals surface area contributed by atoms with Crippen molar-refractivity contribution in [3.63, 3.8) is 0 Å². The molecule has 0 bridgehead atoms. The first kappa shape index (κ1) is 97.8. The zero-order valence-corrected chi connectivity index (χ0v) is 75.3. The monoisotopic (exact) mass is 1850 g/mol. The molecule has 0 unspecified atom stereocenters. The number of aromatic nitrogens is 7. The van der Waals surface area contributed by atoms with Gasteiger partial charge in [0.25, 0.3) is 29.5 Å². The second kappa shape index (κ2) is 44.7. The third-order valence-electron chi connectivity index (χ3n) is 22.0. The number of amides is 7. The Hall–Kier alpha value is -16.7. The van der Waals surface area contributed by atoms with Gasteiger partial charge in [0.15, 0.2) is 0 Å². The van der Waals surface area contributed by atoms with Crippen LogP contribution in [0.1, 0.15) is 83.9 Å². The summed E-state index contributed by atoms with van der Waals surface area (Å²) in [6.07, 6.45) is 7.17. The SMILES string of the molecule is CC(=O)NCCNC(=O)c1cnc(N)c2cc(-c3cccc(F)c3)ccc12.CC(C)(N)CNC(=O)c1cnc(N)c2cc(-c3cccc(F)c3)ccc12.Cc1cc(C)n(CCNC(=O)c2cnc(N)c3cc(-c4cccc(F)c4)ccc23)n1.Nc1ncc(C(=O)NCC(=O)N2CCOCC2)c2ccc(-c3cccc(F)c3)cc12.Nc1ncc(C(=O)NCCO)c2ccc(-c3cccc(F)c3)cc12. The van der Waals surface area contributed by atoms with E-state index in [9.17, 15) is 55.5 Å². The van der Waals surface area contributed by atoms with E-state index in [0.29, 0.717) is 175 Å². The normalized spacial score (nSPS) is 11.6. The van der Waals surface area contributed by atoms with Gasteiger partial charge in [0.2, 0.25) is 11.8 Å². The second-order valence-corrected chi connectivity index (χ2v) is 32.6. The predicted molar refractivity (Wildman–Crippen MR) is 523 cm³/mol. The van der Waals surface area contributed by atoms with Crippen molar-refractivity contribution >= 4 is 124 Å². The first-order valence-corrected chi connectivity index (χ1v) is 43.4. The Bertz CT molecular complexity index is 7240. The van der Waals surface area contributed by atoms with Gasteiger partial charge in [0, 0.05) is 122 Å². The number of anilines is 5. The Labute approximate surface area is 783 Å². The number of aryl methyl sites for hydroxylation is 2. The van der Waals surface area contributed by atoms with Gasteiger partial charge < -0.3 is 81.0 Å². The molecule has 16 aromatic rings. The Balaban J connectivity index is 0.000000145. The van der Waals surface area contributed by atoms with Crippen LogP contribution >= 0.6 is 0 Å². The smallest absolute Gasteiger partial charge is 0.253 e. The summed E-state index contributed by atoms with van der Waals surface area (Å²) >= 11 is 0. The molecule has 0 radical (unpaired) electrons. The molecule has 1 fully saturated rings. The highest BCUT2D eigenvalue weighted by Crippen LogP contribution is 2.36. The summed E-state index contributed by atoms with van der Waals surface area (Å²) in [6.45, 7) is 12.9. The van der Waals surface area contributed by atoms with Gasteiger partial charge in [0.05, 0.1) is 66.4 Å². The largest absolute Gasteiger partial charge is 0.395 e. The quantitative estimate of drug-likeness (QED) is 0.0221. The van der Waals surface area contributed by atoms with Crippen molar-refractivity contribution in [2.75, 3.05) is 101 Å². The number of nitrogens with one attached hydrogen (secondary N) is 6. The number of benzene rings is 10. The second-order valence-electron chi connectivity index (χ2n) is 32.6. The number of carbonyl (C=O) groups is 7. The van der Waals surface area contributed by atoms with Gasteiger partial charge in [-0.1, -0.05) is 121 Å². The molecular weight excluding hydrogens is 1760 g/mol. The third-order valence-corrected chi connectivity index (χ3v) is 22.0. The number of rotatable bonds is 22. The van der Waals surface area contributed by atoms with Crippen molar-refractivity contribution in [2.24, 2.45) is 5.73 Å². The van der Waals surface area contributed by atoms with Gasteiger partial charge in [-0.2, -0.15) is 5.10 Å². The Morgan fingerprint density at radius 2 is 0.657 bits per heavy atom. The van der Waals surface area contributed by atoms with E-state index in [4.69, 9.17) is 44.2 Å². The molecule has 700 valence electrons. The number of nitrogens with two attached hydrogens (primary N) is 6. The Kier molecular flexibility index (Phi) is 31.9. The number of nitrogens with zero attached hydrogens (tertiary/aromatic N) is 8. The van der Waals surface area contributed by atoms with E-state index in [1.165, 1.54) is 98.6 Å². The highest BCUT2D eigenvalue weighted by molar-refractivity contribution is 6.14. The summed E-state index contributed by atoms with van der Waals surface area (Å²) in [4.78, 5) is 108. The summed E-state index contributed by atoms with van der Waals surface area (Å²) < 4.78 is 74.7. The minimum atomic E-state index is -0.517. The van der Waals surface area contributed by atoms with Crippen molar-refractivity contribution in [2.45, 2.75) is 46.7 Å². The Morgan fingerprint density at radius 3 is 0.942 bits per heavy atom.